The van der Waals surface area contributed by atoms with Crippen molar-refractivity contribution in [3.8, 4) is 0 Å². The summed E-state index contributed by atoms with van der Waals surface area (Å²) in [6.07, 6.45) is 4.53. The van der Waals surface area contributed by atoms with E-state index in [2.05, 4.69) is 74.5 Å². The Morgan fingerprint density at radius 1 is 0.833 bits per heavy atom. The maximum Gasteiger partial charge on any atom is -0.0108 e. The van der Waals surface area contributed by atoms with E-state index in [1.807, 2.05) is 0 Å². The van der Waals surface area contributed by atoms with Crippen molar-refractivity contribution in [2.45, 2.75) is 13.8 Å². The topological polar surface area (TPSA) is 0 Å². The zero-order valence-electron chi connectivity index (χ0n) is 10.8. The fourth-order valence-corrected chi connectivity index (χ4v) is 2.47. The normalized spacial score (nSPS) is 15.7. The van der Waals surface area contributed by atoms with Crippen LogP contribution in [0.25, 0.3) is 17.2 Å². The van der Waals surface area contributed by atoms with Crippen molar-refractivity contribution in [2.75, 3.05) is 0 Å². The molecule has 0 saturated carbocycles. The van der Waals surface area contributed by atoms with Crippen LogP contribution >= 0.6 is 0 Å². The van der Waals surface area contributed by atoms with Crippen LogP contribution in [-0.2, 0) is 0 Å². The van der Waals surface area contributed by atoms with Crippen LogP contribution in [0.1, 0.15) is 29.2 Å². The summed E-state index contributed by atoms with van der Waals surface area (Å²) in [5.74, 6) is 0. The largest absolute Gasteiger partial charge is 0.0622 e. The van der Waals surface area contributed by atoms with Crippen LogP contribution in [0, 0.1) is 6.92 Å². The minimum absolute atomic E-state index is 1.25. The third-order valence-electron chi connectivity index (χ3n) is 3.40. The molecule has 0 fully saturated rings. The number of benzene rings is 2. The molecule has 0 N–H and O–H groups in total. The van der Waals surface area contributed by atoms with Crippen molar-refractivity contribution in [3.63, 3.8) is 0 Å². The highest BCUT2D eigenvalue weighted by molar-refractivity contribution is 6.01. The number of hydrogen-bond acceptors (Lipinski definition) is 0. The molecular formula is C18H16. The van der Waals surface area contributed by atoms with Crippen molar-refractivity contribution in [1.82, 2.24) is 0 Å². The van der Waals surface area contributed by atoms with E-state index in [-0.39, 0.29) is 0 Å². The minimum atomic E-state index is 1.25. The van der Waals surface area contributed by atoms with Gasteiger partial charge in [-0.3, -0.25) is 0 Å². The lowest BCUT2D eigenvalue weighted by Gasteiger charge is -2.04. The van der Waals surface area contributed by atoms with Gasteiger partial charge in [0.15, 0.2) is 0 Å². The van der Waals surface area contributed by atoms with Crippen LogP contribution in [0.15, 0.2) is 54.6 Å². The molecule has 0 saturated heterocycles. The molecule has 0 spiro atoms. The molecule has 0 aromatic heterocycles. The van der Waals surface area contributed by atoms with Crippen molar-refractivity contribution in [3.05, 3.63) is 76.9 Å². The molecule has 1 aliphatic carbocycles. The lowest BCUT2D eigenvalue weighted by Crippen LogP contribution is -1.84. The van der Waals surface area contributed by atoms with Gasteiger partial charge >= 0.3 is 0 Å². The van der Waals surface area contributed by atoms with Gasteiger partial charge in [-0.1, -0.05) is 60.2 Å². The Labute approximate surface area is 108 Å². The van der Waals surface area contributed by atoms with Crippen molar-refractivity contribution >= 4 is 17.2 Å². The van der Waals surface area contributed by atoms with E-state index in [0.29, 0.717) is 0 Å². The Morgan fingerprint density at radius 3 is 2.39 bits per heavy atom. The summed E-state index contributed by atoms with van der Waals surface area (Å²) in [5, 5.41) is 0. The first-order valence-corrected chi connectivity index (χ1v) is 6.30. The van der Waals surface area contributed by atoms with E-state index in [0.717, 1.165) is 0 Å². The van der Waals surface area contributed by atoms with E-state index in [9.17, 15) is 0 Å². The van der Waals surface area contributed by atoms with E-state index in [1.54, 1.807) is 0 Å². The Balaban J connectivity index is 2.11. The molecule has 0 unspecified atom stereocenters. The maximum atomic E-state index is 2.27. The van der Waals surface area contributed by atoms with E-state index in [1.165, 1.54) is 33.4 Å². The monoisotopic (exact) mass is 232 g/mol. The molecule has 0 amide bonds. The first kappa shape index (κ1) is 11.0. The number of fused-ring (bicyclic) bond motifs is 1. The van der Waals surface area contributed by atoms with Crippen LogP contribution in [0.2, 0.25) is 0 Å². The van der Waals surface area contributed by atoms with Gasteiger partial charge in [-0.25, -0.2) is 0 Å². The molecule has 88 valence electrons. The second kappa shape index (κ2) is 4.30. The molecule has 0 aliphatic heterocycles. The van der Waals surface area contributed by atoms with Crippen LogP contribution in [0.4, 0.5) is 0 Å². The number of rotatable bonds is 1. The Kier molecular flexibility index (Phi) is 2.64. The Bertz CT molecular complexity index is 643. The second-order valence-corrected chi connectivity index (χ2v) is 4.89. The minimum Gasteiger partial charge on any atom is -0.0622 e. The van der Waals surface area contributed by atoms with E-state index < -0.39 is 0 Å². The summed E-state index contributed by atoms with van der Waals surface area (Å²) in [5.41, 5.74) is 7.97. The summed E-state index contributed by atoms with van der Waals surface area (Å²) in [6.45, 7) is 4.33. The highest BCUT2D eigenvalue weighted by Gasteiger charge is 2.14. The fourth-order valence-electron chi connectivity index (χ4n) is 2.47. The van der Waals surface area contributed by atoms with Crippen LogP contribution in [-0.4, -0.2) is 0 Å². The molecular weight excluding hydrogens is 216 g/mol. The molecule has 0 heterocycles. The third kappa shape index (κ3) is 1.91. The predicted molar refractivity (Wildman–Crippen MR) is 79.1 cm³/mol. The van der Waals surface area contributed by atoms with Gasteiger partial charge in [-0.05, 0) is 47.8 Å². The van der Waals surface area contributed by atoms with Gasteiger partial charge in [0, 0.05) is 0 Å². The summed E-state index contributed by atoms with van der Waals surface area (Å²) in [7, 11) is 0. The molecule has 0 radical (unpaired) electrons. The summed E-state index contributed by atoms with van der Waals surface area (Å²) in [6, 6.07) is 17.2. The number of allylic oxidation sites excluding steroid dienone is 3. The molecule has 1 aliphatic rings. The molecule has 0 nitrogen and oxygen atoms in total. The Hall–Kier alpha value is -2.08. The van der Waals surface area contributed by atoms with Crippen molar-refractivity contribution < 1.29 is 0 Å². The van der Waals surface area contributed by atoms with Crippen LogP contribution < -0.4 is 0 Å². The van der Waals surface area contributed by atoms with Gasteiger partial charge in [0.25, 0.3) is 0 Å². The Morgan fingerprint density at radius 2 is 1.61 bits per heavy atom. The lowest BCUT2D eigenvalue weighted by atomic mass is 10.0. The van der Waals surface area contributed by atoms with Crippen molar-refractivity contribution in [1.29, 1.82) is 0 Å². The number of aryl methyl sites for hydroxylation is 1. The summed E-state index contributed by atoms with van der Waals surface area (Å²) in [4.78, 5) is 0. The molecule has 0 heteroatoms. The highest BCUT2D eigenvalue weighted by atomic mass is 14.2. The summed E-state index contributed by atoms with van der Waals surface area (Å²) < 4.78 is 0. The predicted octanol–water partition coefficient (Wildman–Crippen LogP) is 4.95. The van der Waals surface area contributed by atoms with E-state index >= 15 is 0 Å². The molecule has 3 rings (SSSR count). The molecule has 2 aromatic rings. The summed E-state index contributed by atoms with van der Waals surface area (Å²) >= 11 is 0. The van der Waals surface area contributed by atoms with Gasteiger partial charge in [0.2, 0.25) is 0 Å². The quantitative estimate of drug-likeness (QED) is 0.652. The zero-order valence-corrected chi connectivity index (χ0v) is 10.8. The van der Waals surface area contributed by atoms with E-state index in [4.69, 9.17) is 0 Å². The first-order chi connectivity index (χ1) is 8.74. The van der Waals surface area contributed by atoms with Crippen LogP contribution in [0.5, 0.6) is 0 Å². The van der Waals surface area contributed by atoms with Crippen LogP contribution in [0.3, 0.4) is 0 Å². The zero-order chi connectivity index (χ0) is 12.5. The van der Waals surface area contributed by atoms with Gasteiger partial charge in [-0.15, -0.1) is 0 Å². The standard InChI is InChI=1S/C18H16/c1-13-8-9-17-16(11-14(2)18(17)10-13)12-15-6-4-3-5-7-15/h3-12H,1-2H3/b16-12-. The van der Waals surface area contributed by atoms with Gasteiger partial charge in [0.05, 0.1) is 0 Å². The average Bonchev–Trinajstić information content (AvgIpc) is 2.67. The second-order valence-electron chi connectivity index (χ2n) is 4.89. The van der Waals surface area contributed by atoms with Gasteiger partial charge < -0.3 is 0 Å². The third-order valence-corrected chi connectivity index (χ3v) is 3.40. The number of hydrogen-bond donors (Lipinski definition) is 0. The first-order valence-electron chi connectivity index (χ1n) is 6.30. The highest BCUT2D eigenvalue weighted by Crippen LogP contribution is 2.36. The lowest BCUT2D eigenvalue weighted by molar-refractivity contribution is 1.43. The molecule has 0 bridgehead atoms. The smallest absolute Gasteiger partial charge is 0.0108 e. The molecule has 0 atom stereocenters. The fraction of sp³-hybridized carbons (Fsp3) is 0.111. The maximum absolute atomic E-state index is 2.27. The average molecular weight is 232 g/mol. The van der Waals surface area contributed by atoms with Crippen molar-refractivity contribution in [2.24, 2.45) is 0 Å². The van der Waals surface area contributed by atoms with Gasteiger partial charge in [-0.2, -0.15) is 0 Å². The SMILES string of the molecule is CC1=C/C(=C/c2ccccc2)c2ccc(C)cc21. The molecule has 18 heavy (non-hydrogen) atoms. The molecule has 2 aromatic carbocycles. The van der Waals surface area contributed by atoms with Gasteiger partial charge in [0.1, 0.15) is 0 Å².